The quantitative estimate of drug-likeness (QED) is 0.810. The lowest BCUT2D eigenvalue weighted by molar-refractivity contribution is 0.0697. The number of hydrogen-bond acceptors (Lipinski definition) is 4. The van der Waals surface area contributed by atoms with E-state index in [0.717, 1.165) is 9.88 Å². The van der Waals surface area contributed by atoms with Gasteiger partial charge in [-0.2, -0.15) is 0 Å². The summed E-state index contributed by atoms with van der Waals surface area (Å²) in [6, 6.07) is 4.19. The van der Waals surface area contributed by atoms with Crippen molar-refractivity contribution in [3.05, 3.63) is 45.4 Å². The molecule has 6 nitrogen and oxygen atoms in total. The molecule has 3 N–H and O–H groups in total. The van der Waals surface area contributed by atoms with Crippen molar-refractivity contribution in [2.24, 2.45) is 0 Å². The largest absolute Gasteiger partial charge is 0.478 e. The SMILES string of the molecule is Cc1cnc(CNC(=O)Nc2ccc(C(=O)O)cc2C)s1. The summed E-state index contributed by atoms with van der Waals surface area (Å²) in [4.78, 5) is 27.9. The van der Waals surface area contributed by atoms with Gasteiger partial charge in [0.25, 0.3) is 0 Å². The van der Waals surface area contributed by atoms with Gasteiger partial charge in [0.15, 0.2) is 0 Å². The highest BCUT2D eigenvalue weighted by Crippen LogP contribution is 2.16. The number of aryl methyl sites for hydroxylation is 2. The summed E-state index contributed by atoms with van der Waals surface area (Å²) in [6.07, 6.45) is 1.76. The molecule has 0 bridgehead atoms. The van der Waals surface area contributed by atoms with Crippen molar-refractivity contribution < 1.29 is 14.7 Å². The molecule has 0 saturated carbocycles. The van der Waals surface area contributed by atoms with Crippen molar-refractivity contribution in [1.82, 2.24) is 10.3 Å². The molecule has 2 aromatic rings. The minimum absolute atomic E-state index is 0.191. The molecule has 0 atom stereocenters. The van der Waals surface area contributed by atoms with E-state index in [1.807, 2.05) is 6.92 Å². The third-order valence-electron chi connectivity index (χ3n) is 2.79. The van der Waals surface area contributed by atoms with E-state index >= 15 is 0 Å². The van der Waals surface area contributed by atoms with Gasteiger partial charge in [-0.1, -0.05) is 0 Å². The summed E-state index contributed by atoms with van der Waals surface area (Å²) < 4.78 is 0. The van der Waals surface area contributed by atoms with Crippen LogP contribution in [0.1, 0.15) is 25.8 Å². The lowest BCUT2D eigenvalue weighted by Gasteiger charge is -2.09. The van der Waals surface area contributed by atoms with Crippen LogP contribution in [-0.4, -0.2) is 22.1 Å². The van der Waals surface area contributed by atoms with E-state index in [1.165, 1.54) is 23.5 Å². The van der Waals surface area contributed by atoms with Crippen LogP contribution in [-0.2, 0) is 6.54 Å². The van der Waals surface area contributed by atoms with E-state index < -0.39 is 5.97 Å². The maximum Gasteiger partial charge on any atom is 0.335 e. The third-order valence-corrected chi connectivity index (χ3v) is 3.70. The summed E-state index contributed by atoms with van der Waals surface area (Å²) in [5, 5.41) is 15.1. The molecule has 1 aromatic heterocycles. The zero-order valence-electron chi connectivity index (χ0n) is 11.6. The number of benzene rings is 1. The number of carbonyl (C=O) groups is 2. The van der Waals surface area contributed by atoms with Crippen LogP contribution in [0.2, 0.25) is 0 Å². The highest BCUT2D eigenvalue weighted by molar-refractivity contribution is 7.11. The van der Waals surface area contributed by atoms with Gasteiger partial charge in [0.05, 0.1) is 12.1 Å². The number of rotatable bonds is 4. The Labute approximate surface area is 125 Å². The smallest absolute Gasteiger partial charge is 0.335 e. The van der Waals surface area contributed by atoms with Gasteiger partial charge in [0.1, 0.15) is 5.01 Å². The van der Waals surface area contributed by atoms with E-state index in [2.05, 4.69) is 15.6 Å². The summed E-state index contributed by atoms with van der Waals surface area (Å²) in [6.45, 7) is 4.05. The molecular formula is C14H15N3O3S. The van der Waals surface area contributed by atoms with Crippen LogP contribution in [0.4, 0.5) is 10.5 Å². The van der Waals surface area contributed by atoms with Crippen molar-refractivity contribution in [2.45, 2.75) is 20.4 Å². The van der Waals surface area contributed by atoms with Gasteiger partial charge in [-0.3, -0.25) is 0 Å². The number of aromatic nitrogens is 1. The zero-order chi connectivity index (χ0) is 15.4. The Kier molecular flexibility index (Phi) is 4.54. The van der Waals surface area contributed by atoms with Crippen molar-refractivity contribution in [3.8, 4) is 0 Å². The predicted molar refractivity (Wildman–Crippen MR) is 80.8 cm³/mol. The van der Waals surface area contributed by atoms with Crippen molar-refractivity contribution in [1.29, 1.82) is 0 Å². The van der Waals surface area contributed by atoms with Gasteiger partial charge >= 0.3 is 12.0 Å². The predicted octanol–water partition coefficient (Wildman–Crippen LogP) is 2.78. The minimum atomic E-state index is -0.992. The van der Waals surface area contributed by atoms with Gasteiger partial charge in [-0.05, 0) is 37.6 Å². The number of carboxylic acids is 1. The van der Waals surface area contributed by atoms with E-state index in [4.69, 9.17) is 5.11 Å². The molecule has 1 heterocycles. The molecule has 7 heteroatoms. The maximum atomic E-state index is 11.8. The second-order valence-corrected chi connectivity index (χ2v) is 5.83. The van der Waals surface area contributed by atoms with Gasteiger partial charge in [0.2, 0.25) is 0 Å². The highest BCUT2D eigenvalue weighted by atomic mass is 32.1. The van der Waals surface area contributed by atoms with Crippen LogP contribution < -0.4 is 10.6 Å². The fourth-order valence-corrected chi connectivity index (χ4v) is 2.47. The number of amides is 2. The van der Waals surface area contributed by atoms with Crippen LogP contribution in [0, 0.1) is 13.8 Å². The number of carboxylic acid groups (broad SMARTS) is 1. The number of nitrogens with one attached hydrogen (secondary N) is 2. The monoisotopic (exact) mass is 305 g/mol. The van der Waals surface area contributed by atoms with E-state index in [1.54, 1.807) is 19.2 Å². The van der Waals surface area contributed by atoms with Crippen LogP contribution in [0.15, 0.2) is 24.4 Å². The highest BCUT2D eigenvalue weighted by Gasteiger charge is 2.08. The Balaban J connectivity index is 1.94. The molecule has 0 saturated heterocycles. The molecule has 21 heavy (non-hydrogen) atoms. The number of anilines is 1. The lowest BCUT2D eigenvalue weighted by atomic mass is 10.1. The van der Waals surface area contributed by atoms with Crippen LogP contribution in [0.3, 0.4) is 0 Å². The normalized spacial score (nSPS) is 10.2. The number of hydrogen-bond donors (Lipinski definition) is 3. The minimum Gasteiger partial charge on any atom is -0.478 e. The molecule has 0 aliphatic heterocycles. The Hall–Kier alpha value is -2.41. The Morgan fingerprint density at radius 1 is 1.33 bits per heavy atom. The molecule has 0 aliphatic rings. The topological polar surface area (TPSA) is 91.3 Å². The van der Waals surface area contributed by atoms with Crippen molar-refractivity contribution in [2.75, 3.05) is 5.32 Å². The Bertz CT molecular complexity index is 682. The van der Waals surface area contributed by atoms with E-state index in [-0.39, 0.29) is 11.6 Å². The number of urea groups is 1. The molecule has 2 rings (SSSR count). The molecule has 110 valence electrons. The van der Waals surface area contributed by atoms with Crippen LogP contribution in [0.25, 0.3) is 0 Å². The average molecular weight is 305 g/mol. The summed E-state index contributed by atoms with van der Waals surface area (Å²) in [5.74, 6) is -0.992. The molecular weight excluding hydrogens is 290 g/mol. The first-order chi connectivity index (χ1) is 9.95. The number of carbonyl (C=O) groups excluding carboxylic acids is 1. The van der Waals surface area contributed by atoms with Gasteiger partial charge in [0, 0.05) is 16.8 Å². The van der Waals surface area contributed by atoms with Crippen molar-refractivity contribution in [3.63, 3.8) is 0 Å². The number of nitrogens with zero attached hydrogens (tertiary/aromatic N) is 1. The Morgan fingerprint density at radius 2 is 2.10 bits per heavy atom. The number of thiazole rings is 1. The summed E-state index contributed by atoms with van der Waals surface area (Å²) in [7, 11) is 0. The molecule has 0 spiro atoms. The van der Waals surface area contributed by atoms with E-state index in [0.29, 0.717) is 17.8 Å². The average Bonchev–Trinajstić information content (AvgIpc) is 2.84. The third kappa shape index (κ3) is 4.03. The van der Waals surface area contributed by atoms with Gasteiger partial charge in [-0.25, -0.2) is 14.6 Å². The fraction of sp³-hybridized carbons (Fsp3) is 0.214. The first kappa shape index (κ1) is 15.0. The van der Waals surface area contributed by atoms with Gasteiger partial charge < -0.3 is 15.7 Å². The zero-order valence-corrected chi connectivity index (χ0v) is 12.5. The molecule has 0 unspecified atom stereocenters. The second kappa shape index (κ2) is 6.36. The van der Waals surface area contributed by atoms with Gasteiger partial charge in [-0.15, -0.1) is 11.3 Å². The standard InChI is InChI=1S/C14H15N3O3S/c1-8-5-10(13(18)19)3-4-11(8)17-14(20)16-7-12-15-6-9(2)21-12/h3-6H,7H2,1-2H3,(H,18,19)(H2,16,17,20). The molecule has 0 radical (unpaired) electrons. The fourth-order valence-electron chi connectivity index (χ4n) is 1.74. The first-order valence-electron chi connectivity index (χ1n) is 6.26. The summed E-state index contributed by atoms with van der Waals surface area (Å²) >= 11 is 1.53. The number of aromatic carboxylic acids is 1. The maximum absolute atomic E-state index is 11.8. The molecule has 2 amide bonds. The molecule has 0 aliphatic carbocycles. The first-order valence-corrected chi connectivity index (χ1v) is 7.07. The molecule has 0 fully saturated rings. The van der Waals surface area contributed by atoms with Crippen LogP contribution in [0.5, 0.6) is 0 Å². The van der Waals surface area contributed by atoms with E-state index in [9.17, 15) is 9.59 Å². The molecule has 1 aromatic carbocycles. The van der Waals surface area contributed by atoms with Crippen LogP contribution >= 0.6 is 11.3 Å². The second-order valence-electron chi connectivity index (χ2n) is 4.51. The lowest BCUT2D eigenvalue weighted by Crippen LogP contribution is -2.28. The van der Waals surface area contributed by atoms with Crippen molar-refractivity contribution >= 4 is 29.0 Å². The summed E-state index contributed by atoms with van der Waals surface area (Å²) in [5.41, 5.74) is 1.46. The Morgan fingerprint density at radius 3 is 2.67 bits per heavy atom.